The van der Waals surface area contributed by atoms with Crippen molar-refractivity contribution in [1.82, 2.24) is 10.2 Å². The van der Waals surface area contributed by atoms with Gasteiger partial charge in [0.1, 0.15) is 0 Å². The van der Waals surface area contributed by atoms with Crippen LogP contribution in [-0.2, 0) is 6.54 Å². The summed E-state index contributed by atoms with van der Waals surface area (Å²) >= 11 is 9.39. The highest BCUT2D eigenvalue weighted by molar-refractivity contribution is 9.10. The van der Waals surface area contributed by atoms with Crippen LogP contribution in [0.4, 0.5) is 4.79 Å². The van der Waals surface area contributed by atoms with Crippen LogP contribution in [0.2, 0.25) is 5.02 Å². The standard InChI is InChI=1S/C13H18BrClN2O2/c1-13(2,19)8-17(3)12(18)16-7-9-4-5-10(14)6-11(9)15/h4-6,19H,7-8H2,1-3H3,(H,16,18). The van der Waals surface area contributed by atoms with E-state index in [2.05, 4.69) is 21.2 Å². The maximum atomic E-state index is 11.8. The van der Waals surface area contributed by atoms with Gasteiger partial charge in [0.15, 0.2) is 0 Å². The number of halogens is 2. The lowest BCUT2D eigenvalue weighted by Gasteiger charge is -2.25. The Bertz CT molecular complexity index is 460. The Balaban J connectivity index is 2.54. The highest BCUT2D eigenvalue weighted by Gasteiger charge is 2.19. The fraction of sp³-hybridized carbons (Fsp3) is 0.462. The molecule has 0 aliphatic rings. The molecular weight excluding hydrogens is 332 g/mol. The average Bonchev–Trinajstić information content (AvgIpc) is 2.25. The fourth-order valence-corrected chi connectivity index (χ4v) is 2.36. The van der Waals surface area contributed by atoms with Crippen molar-refractivity contribution in [3.05, 3.63) is 33.3 Å². The molecular formula is C13H18BrClN2O2. The molecule has 2 N–H and O–H groups in total. The highest BCUT2D eigenvalue weighted by Crippen LogP contribution is 2.21. The molecule has 6 heteroatoms. The van der Waals surface area contributed by atoms with E-state index in [9.17, 15) is 9.90 Å². The minimum atomic E-state index is -0.915. The van der Waals surface area contributed by atoms with Crippen LogP contribution < -0.4 is 5.32 Å². The number of likely N-dealkylation sites (N-methyl/N-ethyl adjacent to an activating group) is 1. The first kappa shape index (κ1) is 16.3. The minimum Gasteiger partial charge on any atom is -0.389 e. The molecule has 0 saturated heterocycles. The molecule has 0 heterocycles. The summed E-state index contributed by atoms with van der Waals surface area (Å²) in [5.41, 5.74) is -0.0729. The van der Waals surface area contributed by atoms with E-state index in [0.29, 0.717) is 11.6 Å². The van der Waals surface area contributed by atoms with Crippen molar-refractivity contribution < 1.29 is 9.90 Å². The number of benzene rings is 1. The first-order valence-corrected chi connectivity index (χ1v) is 7.01. The SMILES string of the molecule is CN(CC(C)(C)O)C(=O)NCc1ccc(Br)cc1Cl. The van der Waals surface area contributed by atoms with E-state index >= 15 is 0 Å². The maximum absolute atomic E-state index is 11.8. The quantitative estimate of drug-likeness (QED) is 0.878. The molecule has 0 unspecified atom stereocenters. The van der Waals surface area contributed by atoms with Gasteiger partial charge in [-0.1, -0.05) is 33.6 Å². The van der Waals surface area contributed by atoms with Crippen LogP contribution in [0.1, 0.15) is 19.4 Å². The summed E-state index contributed by atoms with van der Waals surface area (Å²) in [6.07, 6.45) is 0. The van der Waals surface area contributed by atoms with E-state index in [1.54, 1.807) is 27.0 Å². The Kier molecular flexibility index (Phi) is 5.64. The Labute approximate surface area is 126 Å². The van der Waals surface area contributed by atoms with Crippen LogP contribution in [0.15, 0.2) is 22.7 Å². The normalized spacial score (nSPS) is 11.3. The Hall–Kier alpha value is -0.780. The number of nitrogens with one attached hydrogen (secondary N) is 1. The summed E-state index contributed by atoms with van der Waals surface area (Å²) in [5.74, 6) is 0. The molecule has 0 aliphatic carbocycles. The molecule has 0 aliphatic heterocycles. The maximum Gasteiger partial charge on any atom is 0.317 e. The number of urea groups is 1. The van der Waals surface area contributed by atoms with Gasteiger partial charge in [0, 0.05) is 23.1 Å². The number of rotatable bonds is 4. The molecule has 0 spiro atoms. The summed E-state index contributed by atoms with van der Waals surface area (Å²) in [5, 5.41) is 13.0. The molecule has 0 atom stereocenters. The van der Waals surface area contributed by atoms with Gasteiger partial charge in [-0.3, -0.25) is 0 Å². The first-order chi connectivity index (χ1) is 8.69. The summed E-state index contributed by atoms with van der Waals surface area (Å²) in [7, 11) is 1.64. The van der Waals surface area contributed by atoms with Gasteiger partial charge in [-0.15, -0.1) is 0 Å². The van der Waals surface area contributed by atoms with Crippen molar-refractivity contribution in [2.45, 2.75) is 26.0 Å². The second kappa shape index (κ2) is 6.59. The number of carbonyl (C=O) groups excluding carboxylic acids is 1. The lowest BCUT2D eigenvalue weighted by molar-refractivity contribution is 0.0531. The summed E-state index contributed by atoms with van der Waals surface area (Å²) in [6, 6.07) is 5.25. The number of hydrogen-bond acceptors (Lipinski definition) is 2. The first-order valence-electron chi connectivity index (χ1n) is 5.84. The van der Waals surface area contributed by atoms with Crippen LogP contribution in [-0.4, -0.2) is 35.2 Å². The van der Waals surface area contributed by atoms with Crippen molar-refractivity contribution in [2.75, 3.05) is 13.6 Å². The monoisotopic (exact) mass is 348 g/mol. The van der Waals surface area contributed by atoms with Crippen molar-refractivity contribution in [2.24, 2.45) is 0 Å². The molecule has 0 radical (unpaired) electrons. The molecule has 19 heavy (non-hydrogen) atoms. The number of aliphatic hydroxyl groups is 1. The van der Waals surface area contributed by atoms with Crippen LogP contribution in [0.25, 0.3) is 0 Å². The molecule has 0 bridgehead atoms. The van der Waals surface area contributed by atoms with Gasteiger partial charge in [0.25, 0.3) is 0 Å². The number of carbonyl (C=O) groups is 1. The summed E-state index contributed by atoms with van der Waals surface area (Å²) in [6.45, 7) is 3.92. The van der Waals surface area contributed by atoms with Crippen molar-refractivity contribution >= 4 is 33.6 Å². The minimum absolute atomic E-state index is 0.249. The molecule has 0 fully saturated rings. The number of amides is 2. The third kappa shape index (κ3) is 5.80. The molecule has 2 amide bonds. The molecule has 1 rings (SSSR count). The van der Waals surface area contributed by atoms with Crippen molar-refractivity contribution in [3.63, 3.8) is 0 Å². The van der Waals surface area contributed by atoms with E-state index in [0.717, 1.165) is 10.0 Å². The predicted molar refractivity (Wildman–Crippen MR) is 80.3 cm³/mol. The van der Waals surface area contributed by atoms with E-state index < -0.39 is 5.60 Å². The number of hydrogen-bond donors (Lipinski definition) is 2. The Morgan fingerprint density at radius 3 is 2.68 bits per heavy atom. The van der Waals surface area contributed by atoms with Crippen LogP contribution in [0, 0.1) is 0 Å². The third-order valence-corrected chi connectivity index (χ3v) is 3.26. The Morgan fingerprint density at radius 1 is 1.53 bits per heavy atom. The zero-order valence-electron chi connectivity index (χ0n) is 11.2. The molecule has 0 saturated carbocycles. The molecule has 0 aromatic heterocycles. The fourth-order valence-electron chi connectivity index (χ4n) is 1.62. The number of nitrogens with zero attached hydrogens (tertiary/aromatic N) is 1. The molecule has 1 aromatic carbocycles. The van der Waals surface area contributed by atoms with E-state index in [4.69, 9.17) is 11.6 Å². The van der Waals surface area contributed by atoms with Gasteiger partial charge in [0.05, 0.1) is 12.1 Å². The highest BCUT2D eigenvalue weighted by atomic mass is 79.9. The van der Waals surface area contributed by atoms with Crippen LogP contribution in [0.3, 0.4) is 0 Å². The predicted octanol–water partition coefficient (Wildman–Crippen LogP) is 3.01. The van der Waals surface area contributed by atoms with E-state index in [1.807, 2.05) is 12.1 Å². The molecule has 1 aromatic rings. The second-order valence-electron chi connectivity index (χ2n) is 5.06. The van der Waals surface area contributed by atoms with Crippen LogP contribution in [0.5, 0.6) is 0 Å². The van der Waals surface area contributed by atoms with Gasteiger partial charge in [-0.25, -0.2) is 4.79 Å². The third-order valence-electron chi connectivity index (χ3n) is 2.42. The summed E-state index contributed by atoms with van der Waals surface area (Å²) < 4.78 is 0.895. The van der Waals surface area contributed by atoms with Gasteiger partial charge < -0.3 is 15.3 Å². The lowest BCUT2D eigenvalue weighted by atomic mass is 10.1. The second-order valence-corrected chi connectivity index (χ2v) is 6.39. The average molecular weight is 350 g/mol. The smallest absolute Gasteiger partial charge is 0.317 e. The van der Waals surface area contributed by atoms with E-state index in [-0.39, 0.29) is 12.6 Å². The topological polar surface area (TPSA) is 52.6 Å². The zero-order chi connectivity index (χ0) is 14.6. The summed E-state index contributed by atoms with van der Waals surface area (Å²) in [4.78, 5) is 13.3. The van der Waals surface area contributed by atoms with E-state index in [1.165, 1.54) is 4.90 Å². The van der Waals surface area contributed by atoms with Crippen molar-refractivity contribution in [3.8, 4) is 0 Å². The van der Waals surface area contributed by atoms with Gasteiger partial charge in [0.2, 0.25) is 0 Å². The molecule has 106 valence electrons. The Morgan fingerprint density at radius 2 is 2.16 bits per heavy atom. The van der Waals surface area contributed by atoms with Gasteiger partial charge >= 0.3 is 6.03 Å². The molecule has 4 nitrogen and oxygen atoms in total. The van der Waals surface area contributed by atoms with Gasteiger partial charge in [-0.2, -0.15) is 0 Å². The van der Waals surface area contributed by atoms with Crippen molar-refractivity contribution in [1.29, 1.82) is 0 Å². The van der Waals surface area contributed by atoms with Gasteiger partial charge in [-0.05, 0) is 31.5 Å². The van der Waals surface area contributed by atoms with Crippen LogP contribution >= 0.6 is 27.5 Å². The lowest BCUT2D eigenvalue weighted by Crippen LogP contribution is -2.44. The zero-order valence-corrected chi connectivity index (χ0v) is 13.5. The largest absolute Gasteiger partial charge is 0.389 e.